The maximum Gasteiger partial charge on any atom is 0.221 e. The second-order valence-electron chi connectivity index (χ2n) is 6.74. The molecule has 1 atom stereocenters. The van der Waals surface area contributed by atoms with E-state index in [1.165, 1.54) is 16.7 Å². The van der Waals surface area contributed by atoms with Crippen LogP contribution in [0.1, 0.15) is 36.0 Å². The smallest absolute Gasteiger partial charge is 0.221 e. The Balaban J connectivity index is 1.68. The molecule has 0 heterocycles. The molecular weight excluding hydrogens is 318 g/mol. The van der Waals surface area contributed by atoms with Crippen LogP contribution < -0.4 is 5.32 Å². The number of amides is 1. The maximum atomic E-state index is 12.7. The van der Waals surface area contributed by atoms with Crippen LogP contribution in [-0.4, -0.2) is 11.9 Å². The molecule has 3 rings (SSSR count). The highest BCUT2D eigenvalue weighted by atomic mass is 16.1. The summed E-state index contributed by atoms with van der Waals surface area (Å²) in [4.78, 5) is 12.7. The average Bonchev–Trinajstić information content (AvgIpc) is 2.68. The van der Waals surface area contributed by atoms with Crippen LogP contribution in [0.25, 0.3) is 0 Å². The molecular formula is C24H25NO. The summed E-state index contributed by atoms with van der Waals surface area (Å²) >= 11 is 0. The molecule has 132 valence electrons. The highest BCUT2D eigenvalue weighted by Gasteiger charge is 2.19. The van der Waals surface area contributed by atoms with Gasteiger partial charge in [-0.25, -0.2) is 0 Å². The number of carbonyl (C=O) groups is 1. The van der Waals surface area contributed by atoms with Crippen LogP contribution >= 0.6 is 0 Å². The number of carbonyl (C=O) groups excluding carboxylic acids is 1. The largest absolute Gasteiger partial charge is 0.353 e. The first-order chi connectivity index (χ1) is 12.7. The Labute approximate surface area is 155 Å². The number of hydrogen-bond acceptors (Lipinski definition) is 1. The third kappa shape index (κ3) is 5.06. The summed E-state index contributed by atoms with van der Waals surface area (Å²) in [6, 6.07) is 30.9. The van der Waals surface area contributed by atoms with E-state index in [1.807, 2.05) is 54.6 Å². The molecule has 0 saturated carbocycles. The van der Waals surface area contributed by atoms with Gasteiger partial charge in [0, 0.05) is 18.4 Å². The Hall–Kier alpha value is -2.87. The first-order valence-corrected chi connectivity index (χ1v) is 9.15. The lowest BCUT2D eigenvalue weighted by atomic mass is 9.88. The lowest BCUT2D eigenvalue weighted by Crippen LogP contribution is -2.35. The van der Waals surface area contributed by atoms with Gasteiger partial charge in [0.1, 0.15) is 0 Å². The van der Waals surface area contributed by atoms with Gasteiger partial charge in [-0.15, -0.1) is 0 Å². The van der Waals surface area contributed by atoms with Crippen LogP contribution in [0, 0.1) is 0 Å². The van der Waals surface area contributed by atoms with Gasteiger partial charge in [-0.05, 0) is 30.0 Å². The van der Waals surface area contributed by atoms with Crippen molar-refractivity contribution in [3.8, 4) is 0 Å². The zero-order chi connectivity index (χ0) is 18.2. The topological polar surface area (TPSA) is 29.1 Å². The highest BCUT2D eigenvalue weighted by Crippen LogP contribution is 2.27. The molecule has 0 saturated heterocycles. The molecule has 3 aromatic rings. The summed E-state index contributed by atoms with van der Waals surface area (Å²) in [5.41, 5.74) is 3.58. The van der Waals surface area contributed by atoms with E-state index in [4.69, 9.17) is 0 Å². The minimum atomic E-state index is 0.0707. The minimum Gasteiger partial charge on any atom is -0.353 e. The Morgan fingerprint density at radius 2 is 1.23 bits per heavy atom. The van der Waals surface area contributed by atoms with Gasteiger partial charge in [-0.3, -0.25) is 4.79 Å². The van der Waals surface area contributed by atoms with Gasteiger partial charge in [-0.1, -0.05) is 91.0 Å². The van der Waals surface area contributed by atoms with Crippen molar-refractivity contribution in [2.24, 2.45) is 0 Å². The molecule has 0 bridgehead atoms. The van der Waals surface area contributed by atoms with Crippen LogP contribution in [0.3, 0.4) is 0 Å². The summed E-state index contributed by atoms with van der Waals surface area (Å²) in [5.74, 6) is 0.160. The highest BCUT2D eigenvalue weighted by molar-refractivity contribution is 5.77. The lowest BCUT2D eigenvalue weighted by Gasteiger charge is -2.20. The van der Waals surface area contributed by atoms with Crippen LogP contribution in [0.2, 0.25) is 0 Å². The van der Waals surface area contributed by atoms with E-state index in [-0.39, 0.29) is 17.9 Å². The van der Waals surface area contributed by atoms with Crippen molar-refractivity contribution in [2.45, 2.75) is 31.7 Å². The van der Waals surface area contributed by atoms with Crippen LogP contribution in [0.15, 0.2) is 91.0 Å². The fraction of sp³-hybridized carbons (Fsp3) is 0.208. The summed E-state index contributed by atoms with van der Waals surface area (Å²) in [7, 11) is 0. The Bertz CT molecular complexity index is 760. The molecule has 0 spiro atoms. The molecule has 0 aliphatic carbocycles. The van der Waals surface area contributed by atoms with Gasteiger partial charge in [0.25, 0.3) is 0 Å². The standard InChI is InChI=1S/C24H25NO/c1-19(17-20-11-5-2-6-12-20)25-24(26)18-23(21-13-7-3-8-14-21)22-15-9-4-10-16-22/h2-16,19,23H,17-18H2,1H3,(H,25,26)/t19-/m1/s1. The maximum absolute atomic E-state index is 12.7. The van der Waals surface area contributed by atoms with E-state index in [1.54, 1.807) is 0 Å². The van der Waals surface area contributed by atoms with E-state index in [0.29, 0.717) is 6.42 Å². The van der Waals surface area contributed by atoms with Gasteiger partial charge in [0.2, 0.25) is 5.91 Å². The minimum absolute atomic E-state index is 0.0707. The van der Waals surface area contributed by atoms with Crippen LogP contribution in [0.5, 0.6) is 0 Å². The zero-order valence-electron chi connectivity index (χ0n) is 15.1. The molecule has 0 radical (unpaired) electrons. The average molecular weight is 343 g/mol. The second-order valence-corrected chi connectivity index (χ2v) is 6.74. The van der Waals surface area contributed by atoms with Gasteiger partial charge in [0.15, 0.2) is 0 Å². The predicted octanol–water partition coefficient (Wildman–Crippen LogP) is 4.96. The molecule has 0 aliphatic rings. The number of rotatable bonds is 7. The fourth-order valence-corrected chi connectivity index (χ4v) is 3.34. The number of hydrogen-bond donors (Lipinski definition) is 1. The van der Waals surface area contributed by atoms with Crippen LogP contribution in [0.4, 0.5) is 0 Å². The van der Waals surface area contributed by atoms with Crippen molar-refractivity contribution in [2.75, 3.05) is 0 Å². The second kappa shape index (κ2) is 9.00. The molecule has 26 heavy (non-hydrogen) atoms. The molecule has 2 nitrogen and oxygen atoms in total. The molecule has 3 aromatic carbocycles. The van der Waals surface area contributed by atoms with Crippen molar-refractivity contribution >= 4 is 5.91 Å². The van der Waals surface area contributed by atoms with E-state index in [0.717, 1.165) is 6.42 Å². The SMILES string of the molecule is C[C@H](Cc1ccccc1)NC(=O)CC(c1ccccc1)c1ccccc1. The van der Waals surface area contributed by atoms with Gasteiger partial charge in [-0.2, -0.15) is 0 Å². The van der Waals surface area contributed by atoms with Crippen LogP contribution in [-0.2, 0) is 11.2 Å². The Kier molecular flexibility index (Phi) is 6.21. The summed E-state index contributed by atoms with van der Waals surface area (Å²) in [6.07, 6.45) is 1.29. The lowest BCUT2D eigenvalue weighted by molar-refractivity contribution is -0.121. The molecule has 0 aliphatic heterocycles. The van der Waals surface area contributed by atoms with E-state index in [9.17, 15) is 4.79 Å². The first-order valence-electron chi connectivity index (χ1n) is 9.15. The number of nitrogens with one attached hydrogen (secondary N) is 1. The van der Waals surface area contributed by atoms with Gasteiger partial charge >= 0.3 is 0 Å². The summed E-state index contributed by atoms with van der Waals surface area (Å²) in [6.45, 7) is 2.06. The van der Waals surface area contributed by atoms with Crippen molar-refractivity contribution in [3.63, 3.8) is 0 Å². The molecule has 2 heteroatoms. The zero-order valence-corrected chi connectivity index (χ0v) is 15.1. The van der Waals surface area contributed by atoms with E-state index < -0.39 is 0 Å². The van der Waals surface area contributed by atoms with Gasteiger partial charge < -0.3 is 5.32 Å². The molecule has 1 amide bonds. The quantitative estimate of drug-likeness (QED) is 0.646. The third-order valence-electron chi connectivity index (χ3n) is 4.59. The van der Waals surface area contributed by atoms with Crippen molar-refractivity contribution in [1.29, 1.82) is 0 Å². The molecule has 1 N–H and O–H groups in total. The van der Waals surface area contributed by atoms with E-state index >= 15 is 0 Å². The Morgan fingerprint density at radius 3 is 1.73 bits per heavy atom. The monoisotopic (exact) mass is 343 g/mol. The third-order valence-corrected chi connectivity index (χ3v) is 4.59. The summed E-state index contributed by atoms with van der Waals surface area (Å²) in [5, 5.41) is 3.16. The molecule has 0 fully saturated rings. The van der Waals surface area contributed by atoms with Crippen molar-refractivity contribution in [1.82, 2.24) is 5.32 Å². The predicted molar refractivity (Wildman–Crippen MR) is 107 cm³/mol. The summed E-state index contributed by atoms with van der Waals surface area (Å²) < 4.78 is 0. The van der Waals surface area contributed by atoms with E-state index in [2.05, 4.69) is 48.6 Å². The van der Waals surface area contributed by atoms with Crippen molar-refractivity contribution in [3.05, 3.63) is 108 Å². The normalized spacial score (nSPS) is 11.9. The molecule has 0 aromatic heterocycles. The molecule has 0 unspecified atom stereocenters. The fourth-order valence-electron chi connectivity index (χ4n) is 3.34. The van der Waals surface area contributed by atoms with Gasteiger partial charge in [0.05, 0.1) is 0 Å². The Morgan fingerprint density at radius 1 is 0.769 bits per heavy atom. The first kappa shape index (κ1) is 17.9. The number of benzene rings is 3. The van der Waals surface area contributed by atoms with Crippen molar-refractivity contribution < 1.29 is 4.79 Å².